The summed E-state index contributed by atoms with van der Waals surface area (Å²) in [4.78, 5) is 13.7. The van der Waals surface area contributed by atoms with Crippen molar-refractivity contribution in [3.05, 3.63) is 52.9 Å². The maximum absolute atomic E-state index is 12.9. The van der Waals surface area contributed by atoms with Crippen LogP contribution in [-0.4, -0.2) is 43.5 Å². The quantitative estimate of drug-likeness (QED) is 0.682. The van der Waals surface area contributed by atoms with E-state index in [1.54, 1.807) is 27.1 Å². The second kappa shape index (κ2) is 7.16. The van der Waals surface area contributed by atoms with E-state index in [4.69, 9.17) is 4.42 Å². The molecule has 1 amide bonds. The summed E-state index contributed by atoms with van der Waals surface area (Å²) in [5, 5.41) is 6.60. The molecule has 0 aliphatic heterocycles. The summed E-state index contributed by atoms with van der Waals surface area (Å²) in [7, 11) is -0.633. The molecule has 0 radical (unpaired) electrons. The Bertz CT molecular complexity index is 1140. The molecule has 0 atom stereocenters. The molecule has 0 bridgehead atoms. The van der Waals surface area contributed by atoms with Gasteiger partial charge in [-0.05, 0) is 38.0 Å². The largest absolute Gasteiger partial charge is 0.458 e. The van der Waals surface area contributed by atoms with Crippen LogP contribution in [-0.2, 0) is 10.0 Å². The number of hydrogen-bond acceptors (Lipinski definition) is 5. The van der Waals surface area contributed by atoms with E-state index in [1.807, 2.05) is 26.0 Å². The molecule has 8 nitrogen and oxygen atoms in total. The molecule has 3 aromatic rings. The number of aryl methyl sites for hydroxylation is 3. The van der Waals surface area contributed by atoms with Crippen molar-refractivity contribution in [1.29, 1.82) is 0 Å². The number of sulfonamides is 1. The summed E-state index contributed by atoms with van der Waals surface area (Å²) in [6, 6.07) is 6.93. The number of carbonyl (C=O) groups excluding carboxylic acids is 1. The van der Waals surface area contributed by atoms with Gasteiger partial charge in [-0.3, -0.25) is 14.6 Å². The van der Waals surface area contributed by atoms with Crippen LogP contribution in [0, 0.1) is 20.8 Å². The summed E-state index contributed by atoms with van der Waals surface area (Å²) in [6.07, 6.45) is 1.39. The molecule has 0 saturated carbocycles. The number of carbonyl (C=O) groups is 1. The van der Waals surface area contributed by atoms with Gasteiger partial charge in [-0.2, -0.15) is 5.10 Å². The minimum Gasteiger partial charge on any atom is -0.458 e. The Balaban J connectivity index is 2.00. The smallest absolute Gasteiger partial charge is 0.265 e. The fourth-order valence-electron chi connectivity index (χ4n) is 2.78. The molecule has 148 valence electrons. The van der Waals surface area contributed by atoms with Gasteiger partial charge in [-0.1, -0.05) is 12.1 Å². The third-order valence-corrected chi connectivity index (χ3v) is 5.79. The lowest BCUT2D eigenvalue weighted by Gasteiger charge is -2.10. The second-order valence-electron chi connectivity index (χ2n) is 6.81. The molecule has 0 unspecified atom stereocenters. The van der Waals surface area contributed by atoms with Gasteiger partial charge in [0.15, 0.2) is 5.76 Å². The Morgan fingerprint density at radius 2 is 1.89 bits per heavy atom. The summed E-state index contributed by atoms with van der Waals surface area (Å²) in [5.41, 5.74) is 2.88. The molecular weight excluding hydrogens is 380 g/mol. The first kappa shape index (κ1) is 19.7. The number of amides is 1. The maximum Gasteiger partial charge on any atom is 0.265 e. The number of hydrogen-bond donors (Lipinski definition) is 2. The number of aromatic nitrogens is 2. The number of H-pyrrole nitrogens is 1. The number of rotatable bonds is 5. The fourth-order valence-corrected chi connectivity index (χ4v) is 4.08. The average Bonchev–Trinajstić information content (AvgIpc) is 3.23. The van der Waals surface area contributed by atoms with Crippen LogP contribution >= 0.6 is 0 Å². The van der Waals surface area contributed by atoms with Crippen LogP contribution in [0.2, 0.25) is 0 Å². The Kier molecular flexibility index (Phi) is 5.03. The zero-order valence-corrected chi connectivity index (χ0v) is 17.1. The number of furan rings is 1. The fraction of sp³-hybridized carbons (Fsp3) is 0.263. The molecule has 2 heterocycles. The minimum absolute atomic E-state index is 0.00116. The molecule has 0 aliphatic rings. The van der Waals surface area contributed by atoms with E-state index >= 15 is 0 Å². The van der Waals surface area contributed by atoms with Gasteiger partial charge in [0.1, 0.15) is 16.3 Å². The van der Waals surface area contributed by atoms with Crippen LogP contribution in [0.25, 0.3) is 11.5 Å². The zero-order valence-electron chi connectivity index (χ0n) is 16.3. The summed E-state index contributed by atoms with van der Waals surface area (Å²) in [6.45, 7) is 5.28. The highest BCUT2D eigenvalue weighted by Crippen LogP contribution is 2.31. The summed E-state index contributed by atoms with van der Waals surface area (Å²) < 4.78 is 34.1. The monoisotopic (exact) mass is 402 g/mol. The first-order valence-corrected chi connectivity index (χ1v) is 10.0. The lowest BCUT2D eigenvalue weighted by Crippen LogP contribution is -2.21. The van der Waals surface area contributed by atoms with Crippen LogP contribution in [0.4, 0.5) is 5.69 Å². The second-order valence-corrected chi connectivity index (χ2v) is 8.46. The number of aromatic amines is 1. The highest BCUT2D eigenvalue weighted by molar-refractivity contribution is 7.92. The van der Waals surface area contributed by atoms with Gasteiger partial charge in [0.05, 0.1) is 17.4 Å². The topological polar surface area (TPSA) is 108 Å². The Morgan fingerprint density at radius 1 is 1.18 bits per heavy atom. The van der Waals surface area contributed by atoms with Crippen LogP contribution in [0.1, 0.15) is 27.2 Å². The van der Waals surface area contributed by atoms with E-state index in [0.717, 1.165) is 11.1 Å². The highest BCUT2D eigenvalue weighted by Gasteiger charge is 2.26. The van der Waals surface area contributed by atoms with E-state index in [2.05, 4.69) is 14.9 Å². The molecule has 28 heavy (non-hydrogen) atoms. The van der Waals surface area contributed by atoms with Crippen molar-refractivity contribution < 1.29 is 17.6 Å². The predicted molar refractivity (Wildman–Crippen MR) is 106 cm³/mol. The van der Waals surface area contributed by atoms with Crippen LogP contribution in [0.5, 0.6) is 0 Å². The van der Waals surface area contributed by atoms with Crippen LogP contribution in [0.3, 0.4) is 0 Å². The molecule has 0 saturated heterocycles. The van der Waals surface area contributed by atoms with Gasteiger partial charge >= 0.3 is 0 Å². The summed E-state index contributed by atoms with van der Waals surface area (Å²) >= 11 is 0. The standard InChI is InChI=1S/C19H22N4O4S/c1-11-6-7-12(2)15(8-11)22-28(25,26)17-9-16(27-13(17)3)18-14(10-20-21-18)19(24)23(4)5/h6-10,22H,1-5H3,(H,20,21). The molecule has 0 spiro atoms. The van der Waals surface area contributed by atoms with Gasteiger partial charge in [0, 0.05) is 20.2 Å². The lowest BCUT2D eigenvalue weighted by molar-refractivity contribution is 0.0828. The number of nitrogens with zero attached hydrogens (tertiary/aromatic N) is 2. The van der Waals surface area contributed by atoms with E-state index in [0.29, 0.717) is 16.9 Å². The molecule has 3 rings (SSSR count). The van der Waals surface area contributed by atoms with Crippen LogP contribution < -0.4 is 4.72 Å². The molecule has 2 N–H and O–H groups in total. The first-order valence-electron chi connectivity index (χ1n) is 8.56. The molecule has 1 aromatic carbocycles. The Labute approximate surface area is 163 Å². The molecular formula is C19H22N4O4S. The average molecular weight is 402 g/mol. The molecule has 0 aliphatic carbocycles. The number of anilines is 1. The van der Waals surface area contributed by atoms with Gasteiger partial charge in [-0.15, -0.1) is 0 Å². The van der Waals surface area contributed by atoms with Crippen molar-refractivity contribution in [3.8, 4) is 11.5 Å². The van der Waals surface area contributed by atoms with Gasteiger partial charge in [-0.25, -0.2) is 8.42 Å². The first-order chi connectivity index (χ1) is 13.1. The minimum atomic E-state index is -3.88. The van der Waals surface area contributed by atoms with Crippen molar-refractivity contribution >= 4 is 21.6 Å². The third kappa shape index (κ3) is 3.65. The molecule has 9 heteroatoms. The zero-order chi connectivity index (χ0) is 20.6. The van der Waals surface area contributed by atoms with E-state index in [-0.39, 0.29) is 22.3 Å². The Hall–Kier alpha value is -3.07. The van der Waals surface area contributed by atoms with Crippen molar-refractivity contribution in [2.75, 3.05) is 18.8 Å². The molecule has 0 fully saturated rings. The molecule has 2 aromatic heterocycles. The number of nitrogens with one attached hydrogen (secondary N) is 2. The van der Waals surface area contributed by atoms with Crippen molar-refractivity contribution in [2.45, 2.75) is 25.7 Å². The van der Waals surface area contributed by atoms with Crippen molar-refractivity contribution in [2.24, 2.45) is 0 Å². The van der Waals surface area contributed by atoms with Crippen molar-refractivity contribution in [1.82, 2.24) is 15.1 Å². The normalized spacial score (nSPS) is 11.5. The van der Waals surface area contributed by atoms with E-state index < -0.39 is 10.0 Å². The number of benzene rings is 1. The van der Waals surface area contributed by atoms with E-state index in [1.165, 1.54) is 17.2 Å². The summed E-state index contributed by atoms with van der Waals surface area (Å²) in [5.74, 6) is 0.169. The lowest BCUT2D eigenvalue weighted by atomic mass is 10.1. The SMILES string of the molecule is Cc1ccc(C)c(NS(=O)(=O)c2cc(-c3[nH]ncc3C(=O)N(C)C)oc2C)c1. The highest BCUT2D eigenvalue weighted by atomic mass is 32.2. The van der Waals surface area contributed by atoms with Crippen molar-refractivity contribution in [3.63, 3.8) is 0 Å². The van der Waals surface area contributed by atoms with Crippen LogP contribution in [0.15, 0.2) is 39.8 Å². The predicted octanol–water partition coefficient (Wildman–Crippen LogP) is 3.10. The van der Waals surface area contributed by atoms with E-state index in [9.17, 15) is 13.2 Å². The van der Waals surface area contributed by atoms with Gasteiger partial charge < -0.3 is 9.32 Å². The maximum atomic E-state index is 12.9. The van der Waals surface area contributed by atoms with Gasteiger partial charge in [0.2, 0.25) is 0 Å². The Morgan fingerprint density at radius 3 is 2.57 bits per heavy atom. The van der Waals surface area contributed by atoms with Gasteiger partial charge in [0.25, 0.3) is 15.9 Å². The third-order valence-electron chi connectivity index (χ3n) is 4.32.